The van der Waals surface area contributed by atoms with E-state index in [0.29, 0.717) is 12.6 Å². The fraction of sp³-hybridized carbons (Fsp3) is 0.462. The third kappa shape index (κ3) is 8.85. The van der Waals surface area contributed by atoms with Gasteiger partial charge in [0, 0.05) is 36.9 Å². The molecule has 11 heteroatoms. The normalized spacial score (nSPS) is 13.3. The molecule has 0 saturated carbocycles. The van der Waals surface area contributed by atoms with E-state index in [0.717, 1.165) is 16.5 Å². The number of aromatic amines is 1. The van der Waals surface area contributed by atoms with Gasteiger partial charge in [0.25, 0.3) is 0 Å². The van der Waals surface area contributed by atoms with Crippen LogP contribution >= 0.6 is 0 Å². The van der Waals surface area contributed by atoms with E-state index in [-0.39, 0.29) is 25.2 Å². The van der Waals surface area contributed by atoms with Crippen molar-refractivity contribution in [3.05, 3.63) is 36.0 Å². The van der Waals surface area contributed by atoms with Crippen molar-refractivity contribution in [2.45, 2.75) is 64.6 Å². The van der Waals surface area contributed by atoms with Gasteiger partial charge >= 0.3 is 5.97 Å². The van der Waals surface area contributed by atoms with Crippen LogP contribution in [-0.2, 0) is 35.1 Å². The van der Waals surface area contributed by atoms with Crippen LogP contribution in [0.5, 0.6) is 0 Å². The number of rotatable bonds is 14. The summed E-state index contributed by atoms with van der Waals surface area (Å²) in [5.41, 5.74) is 1.67. The second-order valence-electron chi connectivity index (χ2n) is 9.24. The first-order valence-electron chi connectivity index (χ1n) is 12.1. The van der Waals surface area contributed by atoms with Crippen molar-refractivity contribution in [3.63, 3.8) is 0 Å². The van der Waals surface area contributed by atoms with Crippen LogP contribution < -0.4 is 16.0 Å². The van der Waals surface area contributed by atoms with Crippen LogP contribution in [0, 0.1) is 11.3 Å². The van der Waals surface area contributed by atoms with Gasteiger partial charge in [0.2, 0.25) is 17.7 Å². The van der Waals surface area contributed by atoms with Crippen molar-refractivity contribution in [2.75, 3.05) is 7.11 Å². The maximum atomic E-state index is 13.3. The zero-order valence-electron chi connectivity index (χ0n) is 21.6. The molecule has 37 heavy (non-hydrogen) atoms. The van der Waals surface area contributed by atoms with Crippen LogP contribution in [0.15, 0.2) is 30.5 Å². The first-order chi connectivity index (χ1) is 17.5. The Morgan fingerprint density at radius 3 is 2.27 bits per heavy atom. The summed E-state index contributed by atoms with van der Waals surface area (Å²) in [5, 5.41) is 15.9. The fourth-order valence-corrected chi connectivity index (χ4v) is 3.97. The summed E-state index contributed by atoms with van der Waals surface area (Å²) < 4.78 is 4.79. The van der Waals surface area contributed by atoms with E-state index in [9.17, 15) is 24.0 Å². The molecule has 2 rings (SSSR count). The average Bonchev–Trinajstić information content (AvgIpc) is 3.26. The molecule has 0 spiro atoms. The maximum Gasteiger partial charge on any atom is 0.328 e. The van der Waals surface area contributed by atoms with E-state index in [4.69, 9.17) is 10.1 Å². The summed E-state index contributed by atoms with van der Waals surface area (Å²) >= 11 is 0. The number of ketones is 1. The van der Waals surface area contributed by atoms with Crippen LogP contribution in [0.25, 0.3) is 10.9 Å². The van der Waals surface area contributed by atoms with Crippen LogP contribution in [0.4, 0.5) is 0 Å². The van der Waals surface area contributed by atoms with Gasteiger partial charge in [0.15, 0.2) is 5.78 Å². The lowest BCUT2D eigenvalue weighted by molar-refractivity contribution is -0.146. The van der Waals surface area contributed by atoms with Gasteiger partial charge in [0.05, 0.1) is 13.3 Å². The van der Waals surface area contributed by atoms with Crippen molar-refractivity contribution in [1.29, 1.82) is 5.41 Å². The number of fused-ring (bicyclic) bond motifs is 1. The van der Waals surface area contributed by atoms with E-state index in [1.807, 2.05) is 38.1 Å². The highest BCUT2D eigenvalue weighted by Crippen LogP contribution is 2.19. The molecule has 3 amide bonds. The van der Waals surface area contributed by atoms with Gasteiger partial charge in [-0.05, 0) is 30.4 Å². The molecule has 1 heterocycles. The van der Waals surface area contributed by atoms with Gasteiger partial charge in [-0.25, -0.2) is 4.79 Å². The van der Waals surface area contributed by atoms with E-state index < -0.39 is 47.6 Å². The number of H-pyrrole nitrogens is 1. The van der Waals surface area contributed by atoms with Crippen LogP contribution in [0.3, 0.4) is 0 Å². The van der Waals surface area contributed by atoms with Gasteiger partial charge < -0.3 is 31.1 Å². The summed E-state index contributed by atoms with van der Waals surface area (Å²) in [5.74, 6) is -2.80. The minimum Gasteiger partial charge on any atom is -0.467 e. The summed E-state index contributed by atoms with van der Waals surface area (Å²) in [6.45, 7) is 5.05. The van der Waals surface area contributed by atoms with E-state index >= 15 is 0 Å². The topological polar surface area (TPSA) is 170 Å². The number of methoxy groups -OCH3 is 1. The minimum absolute atomic E-state index is 0.0669. The predicted molar refractivity (Wildman–Crippen MR) is 138 cm³/mol. The zero-order chi connectivity index (χ0) is 27.5. The molecule has 0 aliphatic heterocycles. The van der Waals surface area contributed by atoms with Crippen molar-refractivity contribution >= 4 is 46.6 Å². The molecule has 5 N–H and O–H groups in total. The molecule has 0 radical (unpaired) electrons. The molecule has 0 aliphatic carbocycles. The van der Waals surface area contributed by atoms with E-state index in [2.05, 4.69) is 20.9 Å². The fourth-order valence-electron chi connectivity index (χ4n) is 3.97. The van der Waals surface area contributed by atoms with E-state index in [1.165, 1.54) is 14.0 Å². The Labute approximate surface area is 215 Å². The minimum atomic E-state index is -1.19. The number of aromatic nitrogens is 1. The van der Waals surface area contributed by atoms with E-state index in [1.54, 1.807) is 6.20 Å². The monoisotopic (exact) mass is 513 g/mol. The lowest BCUT2D eigenvalue weighted by Crippen LogP contribution is -2.56. The number of para-hydroxylation sites is 1. The van der Waals surface area contributed by atoms with Crippen molar-refractivity contribution in [3.8, 4) is 0 Å². The number of hydrogen-bond donors (Lipinski definition) is 5. The van der Waals surface area contributed by atoms with Crippen molar-refractivity contribution in [2.24, 2.45) is 5.92 Å². The Morgan fingerprint density at radius 1 is 1.00 bits per heavy atom. The third-order valence-corrected chi connectivity index (χ3v) is 5.78. The van der Waals surface area contributed by atoms with Gasteiger partial charge in [-0.2, -0.15) is 0 Å². The molecule has 0 fully saturated rings. The summed E-state index contributed by atoms with van der Waals surface area (Å²) in [6.07, 6.45) is 2.61. The number of Topliss-reactive ketones (excluding diaryl/α,β-unsaturated/α-hetero) is 1. The Kier molecular flexibility index (Phi) is 11.0. The molecule has 1 aromatic carbocycles. The van der Waals surface area contributed by atoms with Crippen LogP contribution in [0.1, 0.15) is 45.6 Å². The third-order valence-electron chi connectivity index (χ3n) is 5.78. The standard InChI is InChI=1S/C26H35N5O6/c1-15(2)11-23(26(36)37-4)31-24(34)21(10-9-18(33)13-27)30-25(35)22(29-16(3)32)12-17-14-28-20-8-6-5-7-19(17)20/h5-8,13-15,21-23,27-28H,9-12H2,1-4H3,(H,29,32)(H,30,35)(H,31,34)/t21-,22-,23-/m0/s1. The largest absolute Gasteiger partial charge is 0.467 e. The molecular weight excluding hydrogens is 478 g/mol. The number of nitrogens with one attached hydrogen (secondary N) is 5. The highest BCUT2D eigenvalue weighted by molar-refractivity contribution is 6.26. The number of carbonyl (C=O) groups is 5. The Balaban J connectivity index is 2.26. The number of esters is 1. The van der Waals surface area contributed by atoms with Gasteiger partial charge in [-0.3, -0.25) is 19.2 Å². The molecule has 1 aromatic heterocycles. The lowest BCUT2D eigenvalue weighted by atomic mass is 10.0. The molecule has 2 aromatic rings. The van der Waals surface area contributed by atoms with Gasteiger partial charge in [-0.15, -0.1) is 0 Å². The Bertz CT molecular complexity index is 1140. The Hall–Kier alpha value is -4.02. The quantitative estimate of drug-likeness (QED) is 0.189. The highest BCUT2D eigenvalue weighted by atomic mass is 16.5. The zero-order valence-corrected chi connectivity index (χ0v) is 21.6. The molecule has 0 saturated heterocycles. The number of ether oxygens (including phenoxy) is 1. The molecular formula is C26H35N5O6. The maximum absolute atomic E-state index is 13.3. The summed E-state index contributed by atoms with van der Waals surface area (Å²) in [4.78, 5) is 65.4. The summed E-state index contributed by atoms with van der Waals surface area (Å²) in [6, 6.07) is 4.40. The smallest absolute Gasteiger partial charge is 0.328 e. The number of amides is 3. The Morgan fingerprint density at radius 2 is 1.65 bits per heavy atom. The molecule has 0 aliphatic rings. The second kappa shape index (κ2) is 13.9. The molecule has 0 bridgehead atoms. The van der Waals surface area contributed by atoms with Crippen LogP contribution in [-0.4, -0.2) is 65.9 Å². The lowest BCUT2D eigenvalue weighted by Gasteiger charge is -2.25. The number of benzene rings is 1. The SMILES string of the molecule is COC(=O)[C@H](CC(C)C)NC(=O)[C@H](CCC(=O)C=N)NC(=O)[C@H](Cc1c[nH]c2ccccc12)NC(C)=O. The first-order valence-corrected chi connectivity index (χ1v) is 12.1. The van der Waals surface area contributed by atoms with Crippen LogP contribution in [0.2, 0.25) is 0 Å². The molecule has 200 valence electrons. The average molecular weight is 514 g/mol. The predicted octanol–water partition coefficient (Wildman–Crippen LogP) is 1.40. The van der Waals surface area contributed by atoms with Crippen molar-refractivity contribution in [1.82, 2.24) is 20.9 Å². The molecule has 3 atom stereocenters. The van der Waals surface area contributed by atoms with Crippen molar-refractivity contribution < 1.29 is 28.7 Å². The second-order valence-corrected chi connectivity index (χ2v) is 9.24. The van der Waals surface area contributed by atoms with Gasteiger partial charge in [0.1, 0.15) is 18.1 Å². The number of hydrogen-bond acceptors (Lipinski definition) is 7. The number of carbonyl (C=O) groups excluding carboxylic acids is 5. The highest BCUT2D eigenvalue weighted by Gasteiger charge is 2.30. The van der Waals surface area contributed by atoms with Gasteiger partial charge in [-0.1, -0.05) is 32.0 Å². The summed E-state index contributed by atoms with van der Waals surface area (Å²) in [7, 11) is 1.21. The molecule has 0 unspecified atom stereocenters. The molecule has 11 nitrogen and oxygen atoms in total. The first kappa shape index (κ1) is 29.2.